The lowest BCUT2D eigenvalue weighted by molar-refractivity contribution is -0.142. The molecule has 1 unspecified atom stereocenters. The molecule has 1 atom stereocenters. The number of nitrogens with one attached hydrogen (secondary N) is 1. The fourth-order valence-corrected chi connectivity index (χ4v) is 4.35. The van der Waals surface area contributed by atoms with Gasteiger partial charge in [-0.1, -0.05) is 37.1 Å². The van der Waals surface area contributed by atoms with Crippen molar-refractivity contribution >= 4 is 17.3 Å². The molecule has 0 spiro atoms. The van der Waals surface area contributed by atoms with Crippen molar-refractivity contribution in [1.82, 2.24) is 0 Å². The fraction of sp³-hybridized carbons (Fsp3) is 0.381. The number of anilines is 2. The first kappa shape index (κ1) is 18.8. The van der Waals surface area contributed by atoms with Crippen LogP contribution in [0, 0.1) is 5.82 Å². The molecule has 1 saturated carbocycles. The number of benzene rings is 2. The molecule has 2 aliphatic rings. The molecule has 0 radical (unpaired) electrons. The number of alkyl halides is 3. The van der Waals surface area contributed by atoms with E-state index in [0.717, 1.165) is 12.8 Å². The molecule has 3 nitrogen and oxygen atoms in total. The highest BCUT2D eigenvalue weighted by molar-refractivity contribution is 6.04. The molecule has 1 heterocycles. The maximum atomic E-state index is 13.7. The number of fused-ring (bicyclic) bond motifs is 1. The third-order valence-corrected chi connectivity index (χ3v) is 5.79. The highest BCUT2D eigenvalue weighted by Crippen LogP contribution is 2.45. The lowest BCUT2D eigenvalue weighted by Gasteiger charge is -2.41. The minimum Gasteiger partial charge on any atom is -0.371 e. The maximum Gasteiger partial charge on any atom is 0.410 e. The van der Waals surface area contributed by atoms with Crippen molar-refractivity contribution < 1.29 is 22.4 Å². The molecular weight excluding hydrogens is 372 g/mol. The molecule has 2 aromatic rings. The van der Waals surface area contributed by atoms with Gasteiger partial charge < -0.3 is 10.2 Å². The first-order chi connectivity index (χ1) is 13.3. The van der Waals surface area contributed by atoms with Gasteiger partial charge in [-0.3, -0.25) is 4.79 Å². The van der Waals surface area contributed by atoms with E-state index in [4.69, 9.17) is 0 Å². The van der Waals surface area contributed by atoms with Crippen LogP contribution in [-0.2, 0) is 10.2 Å². The monoisotopic (exact) mass is 392 g/mol. The second-order valence-electron chi connectivity index (χ2n) is 7.47. The molecule has 0 bridgehead atoms. The van der Waals surface area contributed by atoms with E-state index in [2.05, 4.69) is 5.32 Å². The average Bonchev–Trinajstić information content (AvgIpc) is 3.17. The Morgan fingerprint density at radius 1 is 1.04 bits per heavy atom. The fourth-order valence-electron chi connectivity index (χ4n) is 4.35. The summed E-state index contributed by atoms with van der Waals surface area (Å²) in [7, 11) is 0. The van der Waals surface area contributed by atoms with E-state index in [1.54, 1.807) is 36.4 Å². The van der Waals surface area contributed by atoms with Gasteiger partial charge in [-0.25, -0.2) is 4.39 Å². The van der Waals surface area contributed by atoms with Crippen LogP contribution in [0.1, 0.15) is 31.2 Å². The van der Waals surface area contributed by atoms with Gasteiger partial charge in [-0.15, -0.1) is 0 Å². The van der Waals surface area contributed by atoms with Gasteiger partial charge in [-0.05, 0) is 42.7 Å². The second kappa shape index (κ2) is 6.79. The molecular formula is C21H20F4N2O. The van der Waals surface area contributed by atoms with Gasteiger partial charge in [0.05, 0.1) is 23.3 Å². The predicted molar refractivity (Wildman–Crippen MR) is 98.8 cm³/mol. The Balaban J connectivity index is 1.77. The predicted octanol–water partition coefficient (Wildman–Crippen LogP) is 5.03. The third kappa shape index (κ3) is 3.12. The van der Waals surface area contributed by atoms with Crippen molar-refractivity contribution in [2.24, 2.45) is 0 Å². The Hall–Kier alpha value is -2.57. The van der Waals surface area contributed by atoms with Gasteiger partial charge in [0.2, 0.25) is 5.91 Å². The van der Waals surface area contributed by atoms with Gasteiger partial charge in [0, 0.05) is 0 Å². The quantitative estimate of drug-likeness (QED) is 0.728. The van der Waals surface area contributed by atoms with E-state index in [-0.39, 0.29) is 11.6 Å². The largest absolute Gasteiger partial charge is 0.410 e. The first-order valence-corrected chi connectivity index (χ1v) is 9.31. The van der Waals surface area contributed by atoms with E-state index in [1.807, 2.05) is 0 Å². The number of nitrogens with zero attached hydrogens (tertiary/aromatic N) is 1. The Bertz CT molecular complexity index is 873. The van der Waals surface area contributed by atoms with Gasteiger partial charge in [0.1, 0.15) is 11.9 Å². The van der Waals surface area contributed by atoms with Crippen molar-refractivity contribution in [3.63, 3.8) is 0 Å². The maximum absolute atomic E-state index is 13.7. The minimum atomic E-state index is -4.48. The number of hydrogen-bond donors (Lipinski definition) is 1. The van der Waals surface area contributed by atoms with Crippen molar-refractivity contribution in [2.45, 2.75) is 43.3 Å². The lowest BCUT2D eigenvalue weighted by Crippen LogP contribution is -2.55. The first-order valence-electron chi connectivity index (χ1n) is 9.31. The number of rotatable bonds is 2. The number of hydrogen-bond acceptors (Lipinski definition) is 2. The summed E-state index contributed by atoms with van der Waals surface area (Å²) in [6.07, 6.45) is -1.79. The van der Waals surface area contributed by atoms with Crippen LogP contribution in [0.3, 0.4) is 0 Å². The molecule has 1 aliphatic heterocycles. The highest BCUT2D eigenvalue weighted by Gasteiger charge is 2.50. The normalized spacial score (nSPS) is 21.1. The minimum absolute atomic E-state index is 0.289. The Kier molecular flexibility index (Phi) is 4.56. The van der Waals surface area contributed by atoms with Crippen LogP contribution >= 0.6 is 0 Å². The van der Waals surface area contributed by atoms with Crippen molar-refractivity contribution in [2.75, 3.05) is 16.8 Å². The van der Waals surface area contributed by atoms with Gasteiger partial charge in [0.25, 0.3) is 0 Å². The Morgan fingerprint density at radius 2 is 1.68 bits per heavy atom. The molecule has 0 saturated heterocycles. The summed E-state index contributed by atoms with van der Waals surface area (Å²) in [5.74, 6) is -0.756. The van der Waals surface area contributed by atoms with Crippen LogP contribution in [0.15, 0.2) is 48.5 Å². The summed E-state index contributed by atoms with van der Waals surface area (Å²) in [5.41, 5.74) is 0.475. The van der Waals surface area contributed by atoms with Crippen LogP contribution in [0.4, 0.5) is 28.9 Å². The van der Waals surface area contributed by atoms with Crippen LogP contribution in [0.5, 0.6) is 0 Å². The smallest absolute Gasteiger partial charge is 0.371 e. The van der Waals surface area contributed by atoms with Gasteiger partial charge in [0.15, 0.2) is 0 Å². The van der Waals surface area contributed by atoms with Crippen LogP contribution in [-0.4, -0.2) is 24.7 Å². The van der Waals surface area contributed by atoms with Crippen molar-refractivity contribution in [1.29, 1.82) is 0 Å². The zero-order chi connectivity index (χ0) is 19.9. The van der Waals surface area contributed by atoms with Crippen LogP contribution in [0.2, 0.25) is 0 Å². The van der Waals surface area contributed by atoms with E-state index < -0.39 is 30.0 Å². The number of carbonyl (C=O) groups is 1. The Labute approximate surface area is 160 Å². The second-order valence-corrected chi connectivity index (χ2v) is 7.47. The number of carbonyl (C=O) groups excluding carboxylic acids is 1. The molecule has 0 aromatic heterocycles. The van der Waals surface area contributed by atoms with E-state index in [1.165, 1.54) is 17.0 Å². The van der Waals surface area contributed by atoms with E-state index in [9.17, 15) is 22.4 Å². The van der Waals surface area contributed by atoms with Gasteiger partial charge >= 0.3 is 6.18 Å². The number of halogens is 4. The molecule has 28 heavy (non-hydrogen) atoms. The molecule has 1 fully saturated rings. The van der Waals surface area contributed by atoms with E-state index in [0.29, 0.717) is 24.1 Å². The molecule has 2 aromatic carbocycles. The molecule has 1 aliphatic carbocycles. The molecule has 1 N–H and O–H groups in total. The lowest BCUT2D eigenvalue weighted by atomic mass is 9.77. The SMILES string of the molecule is O=C(N1CC(C(F)(F)F)Nc2ccccc21)C1(c2ccc(F)cc2)CCCC1. The van der Waals surface area contributed by atoms with Crippen molar-refractivity contribution in [3.8, 4) is 0 Å². The summed E-state index contributed by atoms with van der Waals surface area (Å²) >= 11 is 0. The van der Waals surface area contributed by atoms with Crippen LogP contribution < -0.4 is 10.2 Å². The third-order valence-electron chi connectivity index (χ3n) is 5.79. The number of amides is 1. The van der Waals surface area contributed by atoms with E-state index >= 15 is 0 Å². The van der Waals surface area contributed by atoms with Gasteiger partial charge in [-0.2, -0.15) is 13.2 Å². The zero-order valence-electron chi connectivity index (χ0n) is 15.1. The summed E-state index contributed by atoms with van der Waals surface area (Å²) in [4.78, 5) is 14.9. The average molecular weight is 392 g/mol. The summed E-state index contributed by atoms with van der Waals surface area (Å²) in [5, 5.41) is 2.50. The molecule has 4 rings (SSSR count). The zero-order valence-corrected chi connectivity index (χ0v) is 15.1. The topological polar surface area (TPSA) is 32.3 Å². The standard InChI is InChI=1S/C21H20F4N2O/c22-15-9-7-14(8-10-15)20(11-3-4-12-20)19(28)27-13-18(21(23,24)25)26-16-5-1-2-6-17(16)27/h1-2,5-10,18,26H,3-4,11-13H2. The molecule has 148 valence electrons. The summed E-state index contributed by atoms with van der Waals surface area (Å²) in [6, 6.07) is 10.5. The molecule has 7 heteroatoms. The van der Waals surface area contributed by atoms with Crippen LogP contribution in [0.25, 0.3) is 0 Å². The number of para-hydroxylation sites is 2. The Morgan fingerprint density at radius 3 is 2.32 bits per heavy atom. The molecule has 1 amide bonds. The summed E-state index contributed by atoms with van der Waals surface area (Å²) < 4.78 is 53.8. The highest BCUT2D eigenvalue weighted by atomic mass is 19.4. The van der Waals surface area contributed by atoms with Crippen molar-refractivity contribution in [3.05, 3.63) is 59.9 Å². The summed E-state index contributed by atoms with van der Waals surface area (Å²) in [6.45, 7) is -0.484.